The van der Waals surface area contributed by atoms with Gasteiger partial charge in [-0.25, -0.2) is 0 Å². The number of nitrogens with zero attached hydrogens (tertiary/aromatic N) is 2. The maximum atomic E-state index is 12.6. The van der Waals surface area contributed by atoms with Crippen molar-refractivity contribution in [1.29, 1.82) is 0 Å². The van der Waals surface area contributed by atoms with E-state index in [9.17, 15) is 9.59 Å². The lowest BCUT2D eigenvalue weighted by Crippen LogP contribution is -2.33. The second-order valence-electron chi connectivity index (χ2n) is 5.92. The van der Waals surface area contributed by atoms with Crippen molar-refractivity contribution < 1.29 is 9.21 Å². The maximum Gasteiger partial charge on any atom is 0.251 e. The molecule has 1 aromatic carbocycles. The van der Waals surface area contributed by atoms with Crippen LogP contribution in [0.5, 0.6) is 0 Å². The summed E-state index contributed by atoms with van der Waals surface area (Å²) in [6, 6.07) is 10.9. The summed E-state index contributed by atoms with van der Waals surface area (Å²) in [6.07, 6.45) is 2.38. The first-order valence-electron chi connectivity index (χ1n) is 8.09. The van der Waals surface area contributed by atoms with Gasteiger partial charge in [0.05, 0.1) is 0 Å². The Bertz CT molecular complexity index is 974. The second kappa shape index (κ2) is 7.27. The number of hydrogen-bond acceptors (Lipinski definition) is 3. The van der Waals surface area contributed by atoms with E-state index in [1.165, 1.54) is 10.6 Å². The van der Waals surface area contributed by atoms with Crippen LogP contribution in [0.4, 0.5) is 0 Å². The quantitative estimate of drug-likeness (QED) is 0.655. The van der Waals surface area contributed by atoms with Crippen LogP contribution in [0.3, 0.4) is 0 Å². The van der Waals surface area contributed by atoms with Gasteiger partial charge in [0.15, 0.2) is 0 Å². The molecule has 0 N–H and O–H groups in total. The van der Waals surface area contributed by atoms with Gasteiger partial charge in [0.25, 0.3) is 5.56 Å². The zero-order valence-electron chi connectivity index (χ0n) is 14.2. The number of fused-ring (bicyclic) bond motifs is 1. The standard InChI is InChI=1S/C19H19BrN2O3/c1-3-16-15(14-6-4-5-7-17(14)25-16)11-21(2)19(24)12-22-10-13(20)8-9-18(22)23/h4-10H,3,11-12H2,1-2H3. The number of aryl methyl sites for hydroxylation is 1. The highest BCUT2D eigenvalue weighted by Gasteiger charge is 2.17. The average Bonchev–Trinajstić information content (AvgIpc) is 2.96. The number of rotatable bonds is 5. The van der Waals surface area contributed by atoms with Gasteiger partial charge >= 0.3 is 0 Å². The van der Waals surface area contributed by atoms with E-state index < -0.39 is 0 Å². The van der Waals surface area contributed by atoms with E-state index in [-0.39, 0.29) is 18.0 Å². The Balaban J connectivity index is 1.82. The minimum atomic E-state index is -0.201. The van der Waals surface area contributed by atoms with Crippen LogP contribution < -0.4 is 5.56 Å². The predicted molar refractivity (Wildman–Crippen MR) is 100 cm³/mol. The summed E-state index contributed by atoms with van der Waals surface area (Å²) in [4.78, 5) is 26.1. The van der Waals surface area contributed by atoms with Crippen molar-refractivity contribution >= 4 is 32.8 Å². The topological polar surface area (TPSA) is 55.5 Å². The highest BCUT2D eigenvalue weighted by molar-refractivity contribution is 9.10. The minimum Gasteiger partial charge on any atom is -0.461 e. The average molecular weight is 403 g/mol. The van der Waals surface area contributed by atoms with Gasteiger partial charge in [0, 0.05) is 47.7 Å². The Morgan fingerprint density at radius 3 is 2.76 bits per heavy atom. The van der Waals surface area contributed by atoms with Gasteiger partial charge in [0.2, 0.25) is 5.91 Å². The third-order valence-electron chi connectivity index (χ3n) is 4.18. The summed E-state index contributed by atoms with van der Waals surface area (Å²) in [7, 11) is 1.74. The van der Waals surface area contributed by atoms with Gasteiger partial charge < -0.3 is 13.9 Å². The first kappa shape index (κ1) is 17.5. The third-order valence-corrected chi connectivity index (χ3v) is 4.65. The summed E-state index contributed by atoms with van der Waals surface area (Å²) in [5, 5.41) is 1.03. The lowest BCUT2D eigenvalue weighted by Gasteiger charge is -2.18. The van der Waals surface area contributed by atoms with Crippen LogP contribution in [0.25, 0.3) is 11.0 Å². The zero-order chi connectivity index (χ0) is 18.0. The van der Waals surface area contributed by atoms with Crippen molar-refractivity contribution in [3.8, 4) is 0 Å². The molecule has 0 aliphatic carbocycles. The monoisotopic (exact) mass is 402 g/mol. The number of para-hydroxylation sites is 1. The molecule has 1 amide bonds. The fourth-order valence-corrected chi connectivity index (χ4v) is 3.21. The molecule has 6 heteroatoms. The zero-order valence-corrected chi connectivity index (χ0v) is 15.7. The van der Waals surface area contributed by atoms with E-state index in [2.05, 4.69) is 15.9 Å². The SMILES string of the molecule is CCc1oc2ccccc2c1CN(C)C(=O)Cn1cc(Br)ccc1=O. The molecule has 130 valence electrons. The van der Waals surface area contributed by atoms with Gasteiger partial charge in [-0.2, -0.15) is 0 Å². The molecule has 0 atom stereocenters. The summed E-state index contributed by atoms with van der Waals surface area (Å²) in [5.41, 5.74) is 1.65. The van der Waals surface area contributed by atoms with E-state index in [1.54, 1.807) is 24.2 Å². The number of carbonyl (C=O) groups is 1. The van der Waals surface area contributed by atoms with E-state index in [1.807, 2.05) is 31.2 Å². The van der Waals surface area contributed by atoms with E-state index in [4.69, 9.17) is 4.42 Å². The van der Waals surface area contributed by atoms with Crippen LogP contribution in [0.1, 0.15) is 18.2 Å². The van der Waals surface area contributed by atoms with Crippen LogP contribution in [-0.2, 0) is 24.3 Å². The number of aromatic nitrogens is 1. The maximum absolute atomic E-state index is 12.6. The number of benzene rings is 1. The Morgan fingerprint density at radius 2 is 2.00 bits per heavy atom. The molecule has 0 spiro atoms. The van der Waals surface area contributed by atoms with Crippen LogP contribution in [0.2, 0.25) is 0 Å². The molecule has 0 radical (unpaired) electrons. The molecule has 0 saturated heterocycles. The van der Waals surface area contributed by atoms with Crippen LogP contribution in [0, 0.1) is 0 Å². The van der Waals surface area contributed by atoms with Crippen molar-refractivity contribution in [2.75, 3.05) is 7.05 Å². The molecule has 0 aliphatic rings. The Morgan fingerprint density at radius 1 is 1.24 bits per heavy atom. The molecular formula is C19H19BrN2O3. The van der Waals surface area contributed by atoms with Crippen molar-refractivity contribution in [1.82, 2.24) is 9.47 Å². The first-order chi connectivity index (χ1) is 12.0. The number of amides is 1. The van der Waals surface area contributed by atoms with Crippen LogP contribution in [0.15, 0.2) is 56.3 Å². The lowest BCUT2D eigenvalue weighted by molar-refractivity contribution is -0.131. The molecule has 3 rings (SSSR count). The van der Waals surface area contributed by atoms with E-state index >= 15 is 0 Å². The van der Waals surface area contributed by atoms with Crippen LogP contribution in [-0.4, -0.2) is 22.4 Å². The molecule has 2 heterocycles. The van der Waals surface area contributed by atoms with Gasteiger partial charge in [0.1, 0.15) is 17.9 Å². The Kier molecular flexibility index (Phi) is 5.08. The van der Waals surface area contributed by atoms with Gasteiger partial charge in [-0.1, -0.05) is 25.1 Å². The number of hydrogen-bond donors (Lipinski definition) is 0. The minimum absolute atomic E-state index is 0.00597. The number of furan rings is 1. The van der Waals surface area contributed by atoms with Crippen molar-refractivity contribution in [2.24, 2.45) is 0 Å². The molecule has 2 aromatic heterocycles. The van der Waals surface area contributed by atoms with Crippen molar-refractivity contribution in [2.45, 2.75) is 26.4 Å². The van der Waals surface area contributed by atoms with E-state index in [0.29, 0.717) is 6.54 Å². The fraction of sp³-hybridized carbons (Fsp3) is 0.263. The normalized spacial score (nSPS) is 11.0. The molecule has 0 aliphatic heterocycles. The number of halogens is 1. The number of pyridine rings is 1. The lowest BCUT2D eigenvalue weighted by atomic mass is 10.1. The summed E-state index contributed by atoms with van der Waals surface area (Å²) in [6.45, 7) is 2.48. The molecule has 5 nitrogen and oxygen atoms in total. The van der Waals surface area contributed by atoms with Crippen molar-refractivity contribution in [3.05, 3.63) is 68.7 Å². The smallest absolute Gasteiger partial charge is 0.251 e. The molecule has 3 aromatic rings. The summed E-state index contributed by atoms with van der Waals surface area (Å²) < 4.78 is 8.04. The molecular weight excluding hydrogens is 384 g/mol. The molecule has 0 bridgehead atoms. The molecule has 25 heavy (non-hydrogen) atoms. The van der Waals surface area contributed by atoms with Gasteiger partial charge in [-0.05, 0) is 28.1 Å². The summed E-state index contributed by atoms with van der Waals surface area (Å²) >= 11 is 3.32. The van der Waals surface area contributed by atoms with E-state index in [0.717, 1.165) is 33.2 Å². The van der Waals surface area contributed by atoms with Crippen molar-refractivity contribution in [3.63, 3.8) is 0 Å². The highest BCUT2D eigenvalue weighted by atomic mass is 79.9. The van der Waals surface area contributed by atoms with Gasteiger partial charge in [-0.15, -0.1) is 0 Å². The molecule has 0 fully saturated rings. The Hall–Kier alpha value is -2.34. The highest BCUT2D eigenvalue weighted by Crippen LogP contribution is 2.27. The predicted octanol–water partition coefficient (Wildman–Crippen LogP) is 3.58. The molecule has 0 saturated carbocycles. The van der Waals surface area contributed by atoms with Gasteiger partial charge in [-0.3, -0.25) is 9.59 Å². The number of carbonyl (C=O) groups excluding carboxylic acids is 1. The third kappa shape index (κ3) is 3.69. The molecule has 0 unspecified atom stereocenters. The number of likely N-dealkylation sites (N-methyl/N-ethyl adjacent to an activating group) is 1. The summed E-state index contributed by atoms with van der Waals surface area (Å²) in [5.74, 6) is 0.757. The largest absolute Gasteiger partial charge is 0.461 e. The first-order valence-corrected chi connectivity index (χ1v) is 8.88. The second-order valence-corrected chi connectivity index (χ2v) is 6.83. The van der Waals surface area contributed by atoms with Crippen LogP contribution >= 0.6 is 15.9 Å². The Labute approximate surface area is 154 Å². The fourth-order valence-electron chi connectivity index (χ4n) is 2.83.